The minimum absolute atomic E-state index is 0.0111. The van der Waals surface area contributed by atoms with Crippen molar-refractivity contribution in [3.8, 4) is 0 Å². The van der Waals surface area contributed by atoms with Gasteiger partial charge in [-0.05, 0) is 44.7 Å². The third-order valence-electron chi connectivity index (χ3n) is 5.82. The fourth-order valence-electron chi connectivity index (χ4n) is 3.29. The number of ether oxygens (including phenoxy) is 1. The number of allylic oxidation sites excluding steroid dienone is 1. The van der Waals surface area contributed by atoms with E-state index < -0.39 is 0 Å². The van der Waals surface area contributed by atoms with Crippen LogP contribution >= 0.6 is 0 Å². The third kappa shape index (κ3) is 15.1. The molecule has 0 aromatic rings. The van der Waals surface area contributed by atoms with E-state index >= 15 is 0 Å². The highest BCUT2D eigenvalue weighted by Gasteiger charge is 2.15. The van der Waals surface area contributed by atoms with Crippen LogP contribution in [0.1, 0.15) is 72.1 Å². The summed E-state index contributed by atoms with van der Waals surface area (Å²) in [4.78, 5) is 27.1. The SMILES string of the molecule is CCC(C)C.CNC1CCCC1.O=CCNC1CNC(/C=C/C(=O)NOC2CCCCO2)=CN1. The average Bonchev–Trinajstić information content (AvgIpc) is 3.41. The Kier molecular flexibility index (Phi) is 17.1. The molecule has 196 valence electrons. The van der Waals surface area contributed by atoms with Crippen LogP contribution in [0.15, 0.2) is 24.0 Å². The second kappa shape index (κ2) is 19.4. The van der Waals surface area contributed by atoms with Crippen LogP contribution in [-0.2, 0) is 19.2 Å². The van der Waals surface area contributed by atoms with Crippen LogP contribution in [0.4, 0.5) is 0 Å². The molecule has 9 nitrogen and oxygen atoms in total. The van der Waals surface area contributed by atoms with Crippen molar-refractivity contribution in [3.05, 3.63) is 24.0 Å². The molecule has 1 saturated heterocycles. The molecule has 0 aromatic carbocycles. The van der Waals surface area contributed by atoms with Crippen molar-refractivity contribution in [1.29, 1.82) is 0 Å². The summed E-state index contributed by atoms with van der Waals surface area (Å²) in [6.07, 6.45) is 15.0. The maximum absolute atomic E-state index is 11.6. The molecule has 0 radical (unpaired) electrons. The first-order chi connectivity index (χ1) is 16.5. The zero-order valence-corrected chi connectivity index (χ0v) is 21.5. The number of hydroxylamine groups is 1. The molecule has 0 spiro atoms. The molecule has 2 aliphatic heterocycles. The molecule has 3 aliphatic rings. The molecule has 2 heterocycles. The zero-order valence-electron chi connectivity index (χ0n) is 21.5. The van der Waals surface area contributed by atoms with Crippen LogP contribution < -0.4 is 26.7 Å². The molecule has 0 bridgehead atoms. The maximum atomic E-state index is 11.6. The van der Waals surface area contributed by atoms with Crippen molar-refractivity contribution in [3.63, 3.8) is 0 Å². The molecule has 34 heavy (non-hydrogen) atoms. The number of hydrogen-bond acceptors (Lipinski definition) is 8. The molecular weight excluding hydrogens is 434 g/mol. The van der Waals surface area contributed by atoms with Crippen LogP contribution in [0, 0.1) is 5.92 Å². The molecule has 1 amide bonds. The fourth-order valence-corrected chi connectivity index (χ4v) is 3.29. The van der Waals surface area contributed by atoms with Gasteiger partial charge in [0.15, 0.2) is 6.29 Å². The molecule has 5 N–H and O–H groups in total. The smallest absolute Gasteiger partial charge is 0.267 e. The Bertz CT molecular complexity index is 600. The van der Waals surface area contributed by atoms with E-state index in [2.05, 4.69) is 54.6 Å². The number of rotatable bonds is 9. The summed E-state index contributed by atoms with van der Waals surface area (Å²) >= 11 is 0. The van der Waals surface area contributed by atoms with Gasteiger partial charge in [0, 0.05) is 37.9 Å². The van der Waals surface area contributed by atoms with E-state index in [1.165, 1.54) is 38.2 Å². The number of hydrogen-bond donors (Lipinski definition) is 5. The first kappa shape index (κ1) is 30.1. The lowest BCUT2D eigenvalue weighted by atomic mass is 10.2. The number of amides is 1. The Balaban J connectivity index is 0.000000393. The van der Waals surface area contributed by atoms with Gasteiger partial charge in [-0.2, -0.15) is 0 Å². The van der Waals surface area contributed by atoms with Gasteiger partial charge in [-0.1, -0.05) is 40.0 Å². The molecule has 1 saturated carbocycles. The summed E-state index contributed by atoms with van der Waals surface area (Å²) < 4.78 is 5.34. The Labute approximate surface area is 205 Å². The van der Waals surface area contributed by atoms with Crippen LogP contribution in [0.5, 0.6) is 0 Å². The first-order valence-corrected chi connectivity index (χ1v) is 12.8. The van der Waals surface area contributed by atoms with Crippen molar-refractivity contribution < 1.29 is 19.2 Å². The lowest BCUT2D eigenvalue weighted by Crippen LogP contribution is -2.50. The van der Waals surface area contributed by atoms with Crippen molar-refractivity contribution in [2.24, 2.45) is 5.92 Å². The van der Waals surface area contributed by atoms with Crippen LogP contribution in [0.25, 0.3) is 0 Å². The van der Waals surface area contributed by atoms with Gasteiger partial charge in [0.2, 0.25) is 0 Å². The quantitative estimate of drug-likeness (QED) is 0.194. The first-order valence-electron chi connectivity index (χ1n) is 12.8. The van der Waals surface area contributed by atoms with E-state index in [9.17, 15) is 9.59 Å². The normalized spacial score (nSPS) is 22.4. The highest BCUT2D eigenvalue weighted by molar-refractivity contribution is 5.87. The second-order valence-electron chi connectivity index (χ2n) is 9.06. The number of aldehydes is 1. The van der Waals surface area contributed by atoms with Gasteiger partial charge in [-0.25, -0.2) is 10.3 Å². The van der Waals surface area contributed by atoms with Gasteiger partial charge in [0.05, 0.1) is 18.4 Å². The third-order valence-corrected chi connectivity index (χ3v) is 5.82. The average molecular weight is 482 g/mol. The number of carbonyl (C=O) groups excluding carboxylic acids is 2. The van der Waals surface area contributed by atoms with E-state index in [0.717, 1.165) is 43.2 Å². The minimum Gasteiger partial charge on any atom is -0.380 e. The Morgan fingerprint density at radius 1 is 1.24 bits per heavy atom. The lowest BCUT2D eigenvalue weighted by Gasteiger charge is -2.24. The fraction of sp³-hybridized carbons (Fsp3) is 0.760. The molecule has 2 unspecified atom stereocenters. The highest BCUT2D eigenvalue weighted by atomic mass is 16.8. The molecule has 0 aromatic heterocycles. The predicted molar refractivity (Wildman–Crippen MR) is 135 cm³/mol. The summed E-state index contributed by atoms with van der Waals surface area (Å²) in [6.45, 7) is 8.21. The summed E-state index contributed by atoms with van der Waals surface area (Å²) in [5, 5.41) is 12.5. The van der Waals surface area contributed by atoms with Crippen LogP contribution in [0.2, 0.25) is 0 Å². The molecule has 9 heteroatoms. The standard InChI is InChI=1S/C14H22N4O4.C6H13N.C5H12/c19-7-6-15-12-10-16-11(9-17-12)4-5-13(20)18-22-14-3-1-2-8-21-14;1-7-6-4-2-3-5-6;1-4-5(2)3/h4-5,7,9,12,14-17H,1-3,6,8,10H2,(H,18,20);6-7H,2-5H2,1H3;5H,4H2,1-3H3/b5-4+;;. The van der Waals surface area contributed by atoms with E-state index in [1.807, 2.05) is 0 Å². The van der Waals surface area contributed by atoms with Gasteiger partial charge < -0.3 is 25.5 Å². The highest BCUT2D eigenvalue weighted by Crippen LogP contribution is 2.16. The van der Waals surface area contributed by atoms with Crippen molar-refractivity contribution >= 4 is 12.2 Å². The summed E-state index contributed by atoms with van der Waals surface area (Å²) in [6, 6.07) is 0.847. The summed E-state index contributed by atoms with van der Waals surface area (Å²) in [5.74, 6) is 0.535. The minimum atomic E-state index is -0.357. The van der Waals surface area contributed by atoms with Gasteiger partial charge in [-0.3, -0.25) is 10.1 Å². The second-order valence-corrected chi connectivity index (χ2v) is 9.06. The van der Waals surface area contributed by atoms with E-state index in [4.69, 9.17) is 9.57 Å². The molecule has 1 aliphatic carbocycles. The van der Waals surface area contributed by atoms with E-state index in [-0.39, 0.29) is 18.4 Å². The van der Waals surface area contributed by atoms with Crippen molar-refractivity contribution in [2.45, 2.75) is 90.6 Å². The molecular formula is C25H47N5O4. The van der Waals surface area contributed by atoms with Crippen molar-refractivity contribution in [2.75, 3.05) is 26.7 Å². The Morgan fingerprint density at radius 3 is 2.44 bits per heavy atom. The monoisotopic (exact) mass is 481 g/mol. The van der Waals surface area contributed by atoms with E-state index in [0.29, 0.717) is 19.7 Å². The van der Waals surface area contributed by atoms with Gasteiger partial charge in [0.25, 0.3) is 5.91 Å². The topological polar surface area (TPSA) is 113 Å². The van der Waals surface area contributed by atoms with Gasteiger partial charge in [0.1, 0.15) is 6.29 Å². The van der Waals surface area contributed by atoms with E-state index in [1.54, 1.807) is 12.3 Å². The Hall–Kier alpha value is -1.94. The largest absolute Gasteiger partial charge is 0.380 e. The molecule has 2 atom stereocenters. The maximum Gasteiger partial charge on any atom is 0.267 e. The van der Waals surface area contributed by atoms with Crippen LogP contribution in [-0.4, -0.2) is 57.4 Å². The Morgan fingerprint density at radius 2 is 1.94 bits per heavy atom. The summed E-state index contributed by atoms with van der Waals surface area (Å²) in [5.41, 5.74) is 3.12. The van der Waals surface area contributed by atoms with Gasteiger partial charge in [-0.15, -0.1) is 0 Å². The van der Waals surface area contributed by atoms with Crippen molar-refractivity contribution in [1.82, 2.24) is 26.7 Å². The molecule has 3 rings (SSSR count). The summed E-state index contributed by atoms with van der Waals surface area (Å²) in [7, 11) is 2.05. The predicted octanol–water partition coefficient (Wildman–Crippen LogP) is 2.47. The van der Waals surface area contributed by atoms with Crippen LogP contribution in [0.3, 0.4) is 0 Å². The van der Waals surface area contributed by atoms with Gasteiger partial charge >= 0.3 is 0 Å². The number of nitrogens with one attached hydrogen (secondary N) is 5. The molecule has 2 fully saturated rings. The number of carbonyl (C=O) groups is 2. The lowest BCUT2D eigenvalue weighted by molar-refractivity contribution is -0.198. The zero-order chi connectivity index (χ0) is 25.0.